The van der Waals surface area contributed by atoms with Crippen LogP contribution in [0.5, 0.6) is 5.75 Å². The molecule has 1 aliphatic carbocycles. The molecule has 0 aliphatic heterocycles. The van der Waals surface area contributed by atoms with Gasteiger partial charge < -0.3 is 15.4 Å². The molecule has 1 aliphatic rings. The molecule has 2 amide bonds. The largest absolute Gasteiger partial charge is 0.495 e. The van der Waals surface area contributed by atoms with Crippen molar-refractivity contribution in [3.05, 3.63) is 24.3 Å². The van der Waals surface area contributed by atoms with Crippen LogP contribution in [0.25, 0.3) is 0 Å². The molecule has 0 saturated heterocycles. The summed E-state index contributed by atoms with van der Waals surface area (Å²) in [6.07, 6.45) is 4.11. The molecule has 146 valence electrons. The number of benzene rings is 1. The Morgan fingerprint density at radius 3 is 2.52 bits per heavy atom. The number of carbonyl (C=O) groups excluding carboxylic acids is 2. The first-order valence-electron chi connectivity index (χ1n) is 9.39. The van der Waals surface area contributed by atoms with Gasteiger partial charge in [-0.3, -0.25) is 14.5 Å². The maximum atomic E-state index is 12.4. The van der Waals surface area contributed by atoms with Crippen LogP contribution in [0.15, 0.2) is 24.3 Å². The number of hydrogen-bond acceptors (Lipinski definition) is 5. The van der Waals surface area contributed by atoms with Crippen molar-refractivity contribution in [3.8, 4) is 11.8 Å². The third kappa shape index (κ3) is 5.97. The lowest BCUT2D eigenvalue weighted by molar-refractivity contribution is -0.124. The zero-order chi connectivity index (χ0) is 19.7. The van der Waals surface area contributed by atoms with Gasteiger partial charge in [-0.1, -0.05) is 19.1 Å². The van der Waals surface area contributed by atoms with Gasteiger partial charge in [-0.05, 0) is 50.8 Å². The van der Waals surface area contributed by atoms with E-state index in [9.17, 15) is 14.9 Å². The molecule has 2 rings (SSSR count). The van der Waals surface area contributed by atoms with Crippen LogP contribution in [0, 0.1) is 11.3 Å². The Hall–Kier alpha value is -2.59. The zero-order valence-corrected chi connectivity index (χ0v) is 16.1. The highest BCUT2D eigenvalue weighted by Gasteiger charge is 2.35. The third-order valence-corrected chi connectivity index (χ3v) is 4.71. The molecule has 0 radical (unpaired) electrons. The minimum absolute atomic E-state index is 0.0939. The molecule has 1 fully saturated rings. The lowest BCUT2D eigenvalue weighted by Crippen LogP contribution is -2.50. The fourth-order valence-electron chi connectivity index (χ4n) is 3.42. The average Bonchev–Trinajstić information content (AvgIpc) is 3.11. The molecule has 1 aromatic carbocycles. The number of hydrogen-bond donors (Lipinski definition) is 2. The standard InChI is InChI=1S/C20H28N4O3/c1-3-12-24(14-19(26)23-20(15-21)10-6-7-11-20)13-18(25)22-16-8-4-5-9-17(16)27-2/h4-5,8-9H,3,6-7,10-14H2,1-2H3,(H,22,25)(H,23,26). The Morgan fingerprint density at radius 1 is 1.22 bits per heavy atom. The van der Waals surface area contributed by atoms with E-state index in [1.54, 1.807) is 24.1 Å². The van der Waals surface area contributed by atoms with Crippen LogP contribution in [0.4, 0.5) is 5.69 Å². The molecule has 0 unspecified atom stereocenters. The van der Waals surface area contributed by atoms with Gasteiger partial charge >= 0.3 is 0 Å². The van der Waals surface area contributed by atoms with Crippen LogP contribution in [0.2, 0.25) is 0 Å². The average molecular weight is 372 g/mol. The van der Waals surface area contributed by atoms with Crippen LogP contribution < -0.4 is 15.4 Å². The zero-order valence-electron chi connectivity index (χ0n) is 16.1. The number of rotatable bonds is 9. The molecular weight excluding hydrogens is 344 g/mol. The summed E-state index contributed by atoms with van der Waals surface area (Å²) in [6, 6.07) is 9.45. The van der Waals surface area contributed by atoms with Crippen molar-refractivity contribution < 1.29 is 14.3 Å². The minimum Gasteiger partial charge on any atom is -0.495 e. The van der Waals surface area contributed by atoms with Crippen LogP contribution in [0.3, 0.4) is 0 Å². The van der Waals surface area contributed by atoms with E-state index in [1.807, 2.05) is 19.1 Å². The maximum Gasteiger partial charge on any atom is 0.238 e. The fourth-order valence-corrected chi connectivity index (χ4v) is 3.42. The van der Waals surface area contributed by atoms with E-state index in [0.29, 0.717) is 30.8 Å². The highest BCUT2D eigenvalue weighted by Crippen LogP contribution is 2.28. The molecule has 0 bridgehead atoms. The second kappa shape index (κ2) is 9.93. The SMILES string of the molecule is CCCN(CC(=O)Nc1ccccc1OC)CC(=O)NC1(C#N)CCCC1. The summed E-state index contributed by atoms with van der Waals surface area (Å²) in [5, 5.41) is 15.1. The predicted octanol–water partition coefficient (Wildman–Crippen LogP) is 2.30. The van der Waals surface area contributed by atoms with E-state index in [-0.39, 0.29) is 24.9 Å². The van der Waals surface area contributed by atoms with Gasteiger partial charge in [0, 0.05) is 0 Å². The molecule has 0 atom stereocenters. The predicted molar refractivity (Wildman–Crippen MR) is 103 cm³/mol. The van der Waals surface area contributed by atoms with Crippen molar-refractivity contribution in [2.45, 2.75) is 44.6 Å². The lowest BCUT2D eigenvalue weighted by Gasteiger charge is -2.25. The Morgan fingerprint density at radius 2 is 1.89 bits per heavy atom. The monoisotopic (exact) mass is 372 g/mol. The normalized spacial score (nSPS) is 15.2. The molecule has 1 saturated carbocycles. The van der Waals surface area contributed by atoms with Gasteiger partial charge in [0.25, 0.3) is 0 Å². The summed E-state index contributed by atoms with van der Waals surface area (Å²) in [6.45, 7) is 2.80. The van der Waals surface area contributed by atoms with Crippen LogP contribution >= 0.6 is 0 Å². The van der Waals surface area contributed by atoms with Crippen LogP contribution in [-0.2, 0) is 9.59 Å². The van der Waals surface area contributed by atoms with E-state index >= 15 is 0 Å². The van der Waals surface area contributed by atoms with Crippen molar-refractivity contribution in [2.24, 2.45) is 0 Å². The molecule has 0 aromatic heterocycles. The van der Waals surface area contributed by atoms with Crippen molar-refractivity contribution in [1.29, 1.82) is 5.26 Å². The topological polar surface area (TPSA) is 94.5 Å². The number of nitrogens with zero attached hydrogens (tertiary/aromatic N) is 2. The van der Waals surface area contributed by atoms with Crippen molar-refractivity contribution in [3.63, 3.8) is 0 Å². The number of carbonyl (C=O) groups is 2. The second-order valence-corrected chi connectivity index (χ2v) is 6.91. The number of amides is 2. The minimum atomic E-state index is -0.741. The number of nitriles is 1. The molecule has 0 heterocycles. The van der Waals surface area contributed by atoms with Crippen LogP contribution in [0.1, 0.15) is 39.0 Å². The quantitative estimate of drug-likeness (QED) is 0.694. The van der Waals surface area contributed by atoms with Gasteiger partial charge in [0.15, 0.2) is 0 Å². The number of nitrogens with one attached hydrogen (secondary N) is 2. The van der Waals surface area contributed by atoms with Gasteiger partial charge in [0.05, 0.1) is 32.0 Å². The van der Waals surface area contributed by atoms with E-state index in [2.05, 4.69) is 16.7 Å². The van der Waals surface area contributed by atoms with Crippen molar-refractivity contribution >= 4 is 17.5 Å². The molecule has 0 spiro atoms. The smallest absolute Gasteiger partial charge is 0.238 e. The van der Waals surface area contributed by atoms with Crippen molar-refractivity contribution in [2.75, 3.05) is 32.1 Å². The van der Waals surface area contributed by atoms with E-state index < -0.39 is 5.54 Å². The number of methoxy groups -OCH3 is 1. The molecule has 1 aromatic rings. The summed E-state index contributed by atoms with van der Waals surface area (Å²) in [5.74, 6) is 0.163. The maximum absolute atomic E-state index is 12.4. The summed E-state index contributed by atoms with van der Waals surface area (Å²) in [7, 11) is 1.55. The lowest BCUT2D eigenvalue weighted by atomic mass is 10.00. The van der Waals surface area contributed by atoms with Crippen molar-refractivity contribution in [1.82, 2.24) is 10.2 Å². The van der Waals surface area contributed by atoms with E-state index in [4.69, 9.17) is 4.74 Å². The molecule has 7 nitrogen and oxygen atoms in total. The van der Waals surface area contributed by atoms with Crippen LogP contribution in [-0.4, -0.2) is 49.0 Å². The Balaban J connectivity index is 1.93. The Bertz CT molecular complexity index is 693. The summed E-state index contributed by atoms with van der Waals surface area (Å²) < 4.78 is 5.24. The Kier molecular flexibility index (Phi) is 7.62. The number of para-hydroxylation sites is 2. The summed E-state index contributed by atoms with van der Waals surface area (Å²) in [4.78, 5) is 26.6. The summed E-state index contributed by atoms with van der Waals surface area (Å²) >= 11 is 0. The molecular formula is C20H28N4O3. The van der Waals surface area contributed by atoms with Gasteiger partial charge in [0.1, 0.15) is 11.3 Å². The Labute approximate surface area is 160 Å². The number of anilines is 1. The first kappa shape index (κ1) is 20.7. The molecule has 7 heteroatoms. The van der Waals surface area contributed by atoms with Gasteiger partial charge in [-0.25, -0.2) is 0 Å². The third-order valence-electron chi connectivity index (χ3n) is 4.71. The highest BCUT2D eigenvalue weighted by atomic mass is 16.5. The van der Waals surface area contributed by atoms with E-state index in [0.717, 1.165) is 19.3 Å². The first-order valence-corrected chi connectivity index (χ1v) is 9.39. The van der Waals surface area contributed by atoms with Gasteiger partial charge in [-0.2, -0.15) is 5.26 Å². The van der Waals surface area contributed by atoms with Gasteiger partial charge in [-0.15, -0.1) is 0 Å². The summed E-state index contributed by atoms with van der Waals surface area (Å²) in [5.41, 5.74) is -0.144. The highest BCUT2D eigenvalue weighted by molar-refractivity contribution is 5.94. The first-order chi connectivity index (χ1) is 13.0. The molecule has 27 heavy (non-hydrogen) atoms. The van der Waals surface area contributed by atoms with Gasteiger partial charge in [0.2, 0.25) is 11.8 Å². The molecule has 2 N–H and O–H groups in total. The van der Waals surface area contributed by atoms with E-state index in [1.165, 1.54) is 0 Å². The fraction of sp³-hybridized carbons (Fsp3) is 0.550. The second-order valence-electron chi connectivity index (χ2n) is 6.91. The number of ether oxygens (including phenoxy) is 1.